The van der Waals surface area contributed by atoms with E-state index in [0.717, 1.165) is 105 Å². The summed E-state index contributed by atoms with van der Waals surface area (Å²) in [5.41, 5.74) is 2.87. The molecule has 8 nitrogen and oxygen atoms in total. The Hall–Kier alpha value is -2.62. The number of carbonyl (C=O) groups excluding carboxylic acids is 2. The van der Waals surface area contributed by atoms with Crippen LogP contribution in [0.15, 0.2) is 21.9 Å². The lowest BCUT2D eigenvalue weighted by molar-refractivity contribution is -0.122. The smallest absolute Gasteiger partial charge is 0.266 e. The predicted octanol–water partition coefficient (Wildman–Crippen LogP) is 9.48. The first-order valence-corrected chi connectivity index (χ1v) is 21.4. The summed E-state index contributed by atoms with van der Waals surface area (Å²) in [6.45, 7) is 4.98. The summed E-state index contributed by atoms with van der Waals surface area (Å²) in [7, 11) is 0. The number of likely N-dealkylation sites (N-methyl/N-ethyl adjacent to an activating group) is 2. The molecule has 2 aliphatic carbocycles. The van der Waals surface area contributed by atoms with Crippen LogP contribution in [0.1, 0.15) is 99.5 Å². The Morgan fingerprint density at radius 3 is 1.46 bits per heavy atom. The zero-order valence-corrected chi connectivity index (χ0v) is 32.6. The quantitative estimate of drug-likeness (QED) is 0.189. The van der Waals surface area contributed by atoms with Gasteiger partial charge in [0.05, 0.1) is 19.6 Å². The standard InChI is InChI=1S/C36H34N4O4S6/c1-3-39-31(41)23(47-33(39)45)17-25-37-29-27(49-25)19-15-22-20(16-21(19)43-35(29)11-7-5-8-12-35)28-30(36(44-22)13-9-6-10-14-36)38-26(50-28)18-24-32(42)40(4-2)34(46)48-24/h15-18H,3-14H2,1-2H3/b23-17+,24-18+. The number of thioether (sulfide) groups is 2. The number of hydrogen-bond donors (Lipinski definition) is 0. The van der Waals surface area contributed by atoms with Gasteiger partial charge in [0.1, 0.15) is 41.5 Å². The van der Waals surface area contributed by atoms with E-state index in [-0.39, 0.29) is 11.8 Å². The maximum absolute atomic E-state index is 13.1. The molecule has 14 heteroatoms. The lowest BCUT2D eigenvalue weighted by atomic mass is 9.78. The zero-order valence-electron chi connectivity index (χ0n) is 27.7. The van der Waals surface area contributed by atoms with Crippen LogP contribution in [0.3, 0.4) is 0 Å². The van der Waals surface area contributed by atoms with Crippen molar-refractivity contribution in [3.8, 4) is 32.4 Å². The molecule has 258 valence electrons. The highest BCUT2D eigenvalue weighted by Crippen LogP contribution is 2.59. The van der Waals surface area contributed by atoms with E-state index in [0.29, 0.717) is 31.5 Å². The molecular weight excluding hydrogens is 745 g/mol. The topological polar surface area (TPSA) is 84.9 Å². The summed E-state index contributed by atoms with van der Waals surface area (Å²) in [5.74, 6) is 1.55. The Bertz CT molecular complexity index is 1920. The van der Waals surface area contributed by atoms with Gasteiger partial charge in [-0.15, -0.1) is 22.7 Å². The van der Waals surface area contributed by atoms with E-state index >= 15 is 0 Å². The molecule has 50 heavy (non-hydrogen) atoms. The number of hydrogen-bond acceptors (Lipinski definition) is 12. The van der Waals surface area contributed by atoms with Crippen LogP contribution in [-0.4, -0.2) is 53.3 Å². The van der Waals surface area contributed by atoms with E-state index in [4.69, 9.17) is 43.9 Å². The molecule has 2 spiro atoms. The average molecular weight is 779 g/mol. The largest absolute Gasteiger partial charge is 0.480 e. The number of benzene rings is 1. The van der Waals surface area contributed by atoms with E-state index in [1.54, 1.807) is 32.5 Å². The number of thiazole rings is 2. The molecule has 2 saturated carbocycles. The van der Waals surface area contributed by atoms with Gasteiger partial charge >= 0.3 is 0 Å². The molecule has 2 aromatic heterocycles. The second-order valence-electron chi connectivity index (χ2n) is 13.5. The van der Waals surface area contributed by atoms with Crippen molar-refractivity contribution >= 4 is 103 Å². The fourth-order valence-electron chi connectivity index (χ4n) is 8.07. The maximum Gasteiger partial charge on any atom is 0.266 e. The number of fused-ring (bicyclic) bond motifs is 8. The van der Waals surface area contributed by atoms with Gasteiger partial charge in [-0.25, -0.2) is 9.97 Å². The monoisotopic (exact) mass is 778 g/mol. The number of thiocarbonyl (C=S) groups is 2. The third-order valence-electron chi connectivity index (χ3n) is 10.5. The molecule has 0 unspecified atom stereocenters. The Morgan fingerprint density at radius 2 is 1.10 bits per heavy atom. The van der Waals surface area contributed by atoms with E-state index in [2.05, 4.69) is 12.1 Å². The van der Waals surface area contributed by atoms with Gasteiger partial charge < -0.3 is 9.47 Å². The zero-order chi connectivity index (χ0) is 34.4. The van der Waals surface area contributed by atoms with Gasteiger partial charge in [-0.1, -0.05) is 60.8 Å². The molecule has 0 atom stereocenters. The third kappa shape index (κ3) is 5.18. The predicted molar refractivity (Wildman–Crippen MR) is 211 cm³/mol. The summed E-state index contributed by atoms with van der Waals surface area (Å²) in [5, 5.41) is 1.58. The molecule has 3 aromatic rings. The molecule has 0 N–H and O–H groups in total. The van der Waals surface area contributed by atoms with Crippen molar-refractivity contribution in [1.29, 1.82) is 0 Å². The molecule has 1 aromatic carbocycles. The van der Waals surface area contributed by atoms with Crippen LogP contribution in [0.5, 0.6) is 11.5 Å². The first-order valence-electron chi connectivity index (χ1n) is 17.3. The number of ether oxygens (including phenoxy) is 2. The van der Waals surface area contributed by atoms with Crippen LogP contribution in [0.2, 0.25) is 0 Å². The number of amides is 2. The van der Waals surface area contributed by atoms with Crippen LogP contribution in [0.25, 0.3) is 33.0 Å². The van der Waals surface area contributed by atoms with Crippen molar-refractivity contribution in [3.05, 3.63) is 43.3 Å². The van der Waals surface area contributed by atoms with Gasteiger partial charge in [-0.3, -0.25) is 19.4 Å². The normalized spacial score (nSPS) is 23.4. The lowest BCUT2D eigenvalue weighted by Crippen LogP contribution is -2.39. The van der Waals surface area contributed by atoms with E-state index < -0.39 is 11.2 Å². The van der Waals surface area contributed by atoms with Gasteiger partial charge in [0, 0.05) is 24.2 Å². The highest BCUT2D eigenvalue weighted by molar-refractivity contribution is 8.27. The molecule has 4 fully saturated rings. The summed E-state index contributed by atoms with van der Waals surface area (Å²) in [4.78, 5) is 43.3. The summed E-state index contributed by atoms with van der Waals surface area (Å²) in [6, 6.07) is 4.31. The van der Waals surface area contributed by atoms with Crippen molar-refractivity contribution in [1.82, 2.24) is 19.8 Å². The molecular formula is C36H34N4O4S6. The van der Waals surface area contributed by atoms with Crippen LogP contribution in [-0.2, 0) is 20.8 Å². The van der Waals surface area contributed by atoms with Crippen molar-refractivity contribution < 1.29 is 19.1 Å². The van der Waals surface area contributed by atoms with Crippen LogP contribution in [0, 0.1) is 0 Å². The summed E-state index contributed by atoms with van der Waals surface area (Å²) >= 11 is 16.9. The van der Waals surface area contributed by atoms with Crippen LogP contribution < -0.4 is 9.47 Å². The molecule has 6 aliphatic rings. The Balaban J connectivity index is 1.17. The molecule has 4 aliphatic heterocycles. The fraction of sp³-hybridized carbons (Fsp3) is 0.444. The van der Waals surface area contributed by atoms with Crippen LogP contribution in [0.4, 0.5) is 0 Å². The number of carbonyl (C=O) groups is 2. The summed E-state index contributed by atoms with van der Waals surface area (Å²) in [6.07, 6.45) is 14.0. The lowest BCUT2D eigenvalue weighted by Gasteiger charge is -2.43. The first-order chi connectivity index (χ1) is 24.2. The molecule has 0 bridgehead atoms. The minimum Gasteiger partial charge on any atom is -0.480 e. The van der Waals surface area contributed by atoms with Gasteiger partial charge in [0.15, 0.2) is 11.2 Å². The van der Waals surface area contributed by atoms with Crippen LogP contribution >= 0.6 is 70.6 Å². The highest BCUT2D eigenvalue weighted by atomic mass is 32.2. The molecule has 2 saturated heterocycles. The molecule has 0 radical (unpaired) electrons. The minimum absolute atomic E-state index is 0.0587. The van der Waals surface area contributed by atoms with E-state index in [9.17, 15) is 9.59 Å². The maximum atomic E-state index is 13.1. The Labute approximate surface area is 318 Å². The molecule has 9 rings (SSSR count). The van der Waals surface area contributed by atoms with E-state index in [1.165, 1.54) is 36.4 Å². The number of nitrogens with zero attached hydrogens (tertiary/aromatic N) is 4. The Morgan fingerprint density at radius 1 is 0.700 bits per heavy atom. The number of aromatic nitrogens is 2. The van der Waals surface area contributed by atoms with Gasteiger partial charge in [0.2, 0.25) is 0 Å². The average Bonchev–Trinajstić information content (AvgIpc) is 3.87. The molecule has 6 heterocycles. The Kier molecular flexibility index (Phi) is 8.31. The number of rotatable bonds is 4. The van der Waals surface area contributed by atoms with Gasteiger partial charge in [0.25, 0.3) is 11.8 Å². The van der Waals surface area contributed by atoms with Crippen molar-refractivity contribution in [3.63, 3.8) is 0 Å². The first kappa shape index (κ1) is 33.2. The molecule has 2 amide bonds. The SMILES string of the molecule is CCN1C(=O)/C(=C\c2nc3c(s2)-c2cc4c(cc2OC32CCCCC2)-c2sc(/C=C3/SC(=S)N(CC)C3=O)nc2C2(CCCCC2)O4)SC1=S. The van der Waals surface area contributed by atoms with Gasteiger partial charge in [-0.2, -0.15) is 0 Å². The van der Waals surface area contributed by atoms with Gasteiger partial charge in [-0.05, 0) is 89.5 Å². The van der Waals surface area contributed by atoms with E-state index in [1.807, 2.05) is 26.0 Å². The van der Waals surface area contributed by atoms with Crippen molar-refractivity contribution in [2.45, 2.75) is 89.3 Å². The minimum atomic E-state index is -0.518. The summed E-state index contributed by atoms with van der Waals surface area (Å²) < 4.78 is 15.4. The van der Waals surface area contributed by atoms with Crippen molar-refractivity contribution in [2.24, 2.45) is 0 Å². The van der Waals surface area contributed by atoms with Crippen molar-refractivity contribution in [2.75, 3.05) is 13.1 Å². The third-order valence-corrected chi connectivity index (χ3v) is 15.4. The second-order valence-corrected chi connectivity index (χ2v) is 18.9. The highest BCUT2D eigenvalue weighted by Gasteiger charge is 2.48. The second kappa shape index (κ2) is 12.5. The fourth-order valence-corrected chi connectivity index (χ4v) is 13.2.